The van der Waals surface area contributed by atoms with Crippen molar-refractivity contribution in [3.63, 3.8) is 0 Å². The number of Topliss-reactive ketones (excluding diaryl/α,β-unsaturated/α-hetero) is 2. The molecule has 2 aromatic carbocycles. The van der Waals surface area contributed by atoms with Crippen molar-refractivity contribution in [1.82, 2.24) is 15.0 Å². The first-order chi connectivity index (χ1) is 16.3. The lowest BCUT2D eigenvalue weighted by molar-refractivity contribution is -0.139. The van der Waals surface area contributed by atoms with Gasteiger partial charge in [0.25, 0.3) is 0 Å². The third kappa shape index (κ3) is 4.93. The number of carbonyl (C=O) groups excluding carboxylic acids is 3. The molecule has 0 N–H and O–H groups in total. The van der Waals surface area contributed by atoms with E-state index >= 15 is 0 Å². The van der Waals surface area contributed by atoms with Gasteiger partial charge in [-0.3, -0.25) is 14.4 Å². The Morgan fingerprint density at radius 2 is 1.68 bits per heavy atom. The van der Waals surface area contributed by atoms with E-state index in [9.17, 15) is 14.4 Å². The predicted octanol–water partition coefficient (Wildman–Crippen LogP) is 4.74. The number of nitrogens with zero attached hydrogens (tertiary/aromatic N) is 3. The Morgan fingerprint density at radius 3 is 2.35 bits per heavy atom. The summed E-state index contributed by atoms with van der Waals surface area (Å²) in [4.78, 5) is 38.8. The van der Waals surface area contributed by atoms with Gasteiger partial charge in [0.2, 0.25) is 5.78 Å². The maximum absolute atomic E-state index is 13.1. The van der Waals surface area contributed by atoms with Gasteiger partial charge in [-0.15, -0.1) is 5.10 Å². The van der Waals surface area contributed by atoms with Gasteiger partial charge in [0.15, 0.2) is 11.5 Å². The van der Waals surface area contributed by atoms with Crippen molar-refractivity contribution in [2.75, 3.05) is 0 Å². The minimum atomic E-state index is -0.602. The molecule has 0 aliphatic heterocycles. The van der Waals surface area contributed by atoms with Crippen LogP contribution in [-0.4, -0.2) is 32.5 Å². The molecule has 34 heavy (non-hydrogen) atoms. The van der Waals surface area contributed by atoms with Crippen molar-refractivity contribution in [1.29, 1.82) is 0 Å². The fraction of sp³-hybridized carbons (Fsp3) is 0.222. The Balaban J connectivity index is 1.49. The molecule has 0 spiro atoms. The fourth-order valence-corrected chi connectivity index (χ4v) is 3.64. The van der Waals surface area contributed by atoms with E-state index in [1.54, 1.807) is 35.1 Å². The highest BCUT2D eigenvalue weighted by atomic mass is 16.5. The van der Waals surface area contributed by atoms with E-state index < -0.39 is 11.8 Å². The summed E-state index contributed by atoms with van der Waals surface area (Å²) in [6.45, 7) is 5.81. The Hall–Kier alpha value is -4.13. The standard InChI is InChI=1S/C27H25N3O4/c1-17(2)8-14-23-25(32)21-6-4-5-7-22(21)26(33)27(23)34-24(31)15-11-19-16-30(29-28-19)20-12-9-18(3)10-13-20/h4-10,12-13,16H,11,14-15H2,1-3H3. The second-order valence-corrected chi connectivity index (χ2v) is 8.46. The molecule has 0 unspecified atom stereocenters. The molecule has 4 rings (SSSR count). The molecule has 0 saturated heterocycles. The second-order valence-electron chi connectivity index (χ2n) is 8.46. The third-order valence-electron chi connectivity index (χ3n) is 5.53. The van der Waals surface area contributed by atoms with Crippen molar-refractivity contribution in [3.05, 3.63) is 100 Å². The molecular weight excluding hydrogens is 430 g/mol. The Morgan fingerprint density at radius 1 is 1.00 bits per heavy atom. The van der Waals surface area contributed by atoms with E-state index in [1.165, 1.54) is 0 Å². The van der Waals surface area contributed by atoms with Crippen LogP contribution in [0.15, 0.2) is 77.7 Å². The number of benzene rings is 2. The summed E-state index contributed by atoms with van der Waals surface area (Å²) in [5, 5.41) is 8.23. The van der Waals surface area contributed by atoms with Crippen molar-refractivity contribution >= 4 is 17.5 Å². The number of ether oxygens (including phenoxy) is 1. The molecule has 1 heterocycles. The van der Waals surface area contributed by atoms with Gasteiger partial charge in [-0.25, -0.2) is 4.68 Å². The predicted molar refractivity (Wildman–Crippen MR) is 127 cm³/mol. The first kappa shape index (κ1) is 23.0. The van der Waals surface area contributed by atoms with Gasteiger partial charge in [-0.2, -0.15) is 0 Å². The number of allylic oxidation sites excluding steroid dienone is 4. The fourth-order valence-electron chi connectivity index (χ4n) is 3.64. The number of hydrogen-bond donors (Lipinski definition) is 0. The Bertz CT molecular complexity index is 1330. The van der Waals surface area contributed by atoms with Crippen LogP contribution >= 0.6 is 0 Å². The van der Waals surface area contributed by atoms with Crippen LogP contribution in [0.4, 0.5) is 0 Å². The molecular formula is C27H25N3O4. The summed E-state index contributed by atoms with van der Waals surface area (Å²) >= 11 is 0. The highest BCUT2D eigenvalue weighted by Gasteiger charge is 2.34. The zero-order chi connectivity index (χ0) is 24.2. The van der Waals surface area contributed by atoms with Gasteiger partial charge < -0.3 is 4.74 Å². The molecule has 172 valence electrons. The van der Waals surface area contributed by atoms with E-state index in [0.717, 1.165) is 16.8 Å². The van der Waals surface area contributed by atoms with E-state index in [0.29, 0.717) is 17.7 Å². The normalized spacial score (nSPS) is 13.0. The number of rotatable bonds is 7. The highest BCUT2D eigenvalue weighted by molar-refractivity contribution is 6.26. The van der Waals surface area contributed by atoms with E-state index in [-0.39, 0.29) is 35.5 Å². The van der Waals surface area contributed by atoms with Crippen LogP contribution in [-0.2, 0) is 16.0 Å². The molecule has 1 aliphatic carbocycles. The van der Waals surface area contributed by atoms with Crippen molar-refractivity contribution in [2.45, 2.75) is 40.0 Å². The quantitative estimate of drug-likeness (QED) is 0.377. The summed E-state index contributed by atoms with van der Waals surface area (Å²) in [5.41, 5.74) is 4.40. The van der Waals surface area contributed by atoms with Crippen LogP contribution in [0.2, 0.25) is 0 Å². The van der Waals surface area contributed by atoms with E-state index in [2.05, 4.69) is 10.3 Å². The molecule has 0 amide bonds. The number of ketones is 2. The monoisotopic (exact) mass is 455 g/mol. The van der Waals surface area contributed by atoms with Gasteiger partial charge in [-0.05, 0) is 39.3 Å². The van der Waals surface area contributed by atoms with Crippen molar-refractivity contribution < 1.29 is 19.1 Å². The van der Waals surface area contributed by atoms with Crippen LogP contribution in [0.1, 0.15) is 58.7 Å². The van der Waals surface area contributed by atoms with Crippen LogP contribution in [0.3, 0.4) is 0 Å². The Labute approximate surface area is 197 Å². The van der Waals surface area contributed by atoms with Gasteiger partial charge in [0.1, 0.15) is 0 Å². The molecule has 0 bridgehead atoms. The molecule has 7 heteroatoms. The van der Waals surface area contributed by atoms with Gasteiger partial charge in [-0.1, -0.05) is 58.8 Å². The summed E-state index contributed by atoms with van der Waals surface area (Å²) in [6.07, 6.45) is 4.10. The van der Waals surface area contributed by atoms with Crippen LogP contribution in [0.5, 0.6) is 0 Å². The average molecular weight is 456 g/mol. The molecule has 0 fully saturated rings. The largest absolute Gasteiger partial charge is 0.422 e. The number of hydrogen-bond acceptors (Lipinski definition) is 6. The lowest BCUT2D eigenvalue weighted by atomic mass is 9.86. The zero-order valence-electron chi connectivity index (χ0n) is 19.4. The van der Waals surface area contributed by atoms with Gasteiger partial charge >= 0.3 is 5.97 Å². The molecule has 7 nitrogen and oxygen atoms in total. The number of fused-ring (bicyclic) bond motifs is 1. The molecule has 0 radical (unpaired) electrons. The number of aryl methyl sites for hydroxylation is 2. The third-order valence-corrected chi connectivity index (χ3v) is 5.53. The van der Waals surface area contributed by atoms with Gasteiger partial charge in [0.05, 0.1) is 29.6 Å². The van der Waals surface area contributed by atoms with Crippen molar-refractivity contribution in [2.24, 2.45) is 0 Å². The van der Waals surface area contributed by atoms with Crippen LogP contribution in [0.25, 0.3) is 5.69 Å². The lowest BCUT2D eigenvalue weighted by Gasteiger charge is -2.20. The molecule has 3 aromatic rings. The smallest absolute Gasteiger partial charge is 0.311 e. The summed E-state index contributed by atoms with van der Waals surface area (Å²) in [6, 6.07) is 14.4. The first-order valence-electron chi connectivity index (χ1n) is 11.1. The van der Waals surface area contributed by atoms with Crippen LogP contribution < -0.4 is 0 Å². The summed E-state index contributed by atoms with van der Waals surface area (Å²) in [7, 11) is 0. The second kappa shape index (κ2) is 9.79. The first-order valence-corrected chi connectivity index (χ1v) is 11.1. The maximum atomic E-state index is 13.1. The lowest BCUT2D eigenvalue weighted by Crippen LogP contribution is -2.25. The van der Waals surface area contributed by atoms with Gasteiger partial charge in [0, 0.05) is 17.5 Å². The maximum Gasteiger partial charge on any atom is 0.311 e. The number of carbonyl (C=O) groups is 3. The topological polar surface area (TPSA) is 91.2 Å². The average Bonchev–Trinajstić information content (AvgIpc) is 3.30. The summed E-state index contributed by atoms with van der Waals surface area (Å²) in [5.74, 6) is -1.54. The number of aromatic nitrogens is 3. The zero-order valence-corrected chi connectivity index (χ0v) is 19.4. The molecule has 1 aliphatic rings. The minimum Gasteiger partial charge on any atom is -0.422 e. The van der Waals surface area contributed by atoms with Crippen molar-refractivity contribution in [3.8, 4) is 5.69 Å². The Kier molecular flexibility index (Phi) is 6.63. The van der Waals surface area contributed by atoms with E-state index in [1.807, 2.05) is 51.1 Å². The number of esters is 1. The molecule has 0 atom stereocenters. The minimum absolute atomic E-state index is 0.00483. The SMILES string of the molecule is CC(C)=CCC1=C(OC(=O)CCc2cn(-c3ccc(C)cc3)nn2)C(=O)c2ccccc2C1=O. The summed E-state index contributed by atoms with van der Waals surface area (Å²) < 4.78 is 7.13. The van der Waals surface area contributed by atoms with Crippen LogP contribution in [0, 0.1) is 6.92 Å². The van der Waals surface area contributed by atoms with E-state index in [4.69, 9.17) is 4.74 Å². The molecule has 0 saturated carbocycles. The highest BCUT2D eigenvalue weighted by Crippen LogP contribution is 2.29. The molecule has 1 aromatic heterocycles.